The second-order valence-corrected chi connectivity index (χ2v) is 3.39. The Morgan fingerprint density at radius 1 is 1.36 bits per heavy atom. The second kappa shape index (κ2) is 3.97. The monoisotopic (exact) mass is 184 g/mol. The quantitative estimate of drug-likeness (QED) is 0.766. The molecule has 0 saturated carbocycles. The van der Waals surface area contributed by atoms with Gasteiger partial charge >= 0.3 is 0 Å². The number of benzene rings is 1. The highest BCUT2D eigenvalue weighted by Crippen LogP contribution is 2.32. The van der Waals surface area contributed by atoms with Crippen LogP contribution in [0.25, 0.3) is 0 Å². The molecule has 0 spiro atoms. The summed E-state index contributed by atoms with van der Waals surface area (Å²) in [4.78, 5) is 0. The fourth-order valence-electron chi connectivity index (χ4n) is 1.78. The highest BCUT2D eigenvalue weighted by atomic mass is 14.9. The van der Waals surface area contributed by atoms with Gasteiger partial charge in [-0.3, -0.25) is 0 Å². The smallest absolute Gasteiger partial charge is 0.0622 e. The molecule has 0 aromatic heterocycles. The maximum atomic E-state index is 8.56. The number of anilines is 1. The standard InChI is InChI=1S/C12H12N2/c13-8-3-4-10-7-9-14-12-6-2-1-5-11(10)12/h1-2,5-7,9-10,14H,3-4H2. The Balaban J connectivity index is 2.23. The third kappa shape index (κ3) is 1.62. The summed E-state index contributed by atoms with van der Waals surface area (Å²) in [6.07, 6.45) is 5.61. The van der Waals surface area contributed by atoms with E-state index in [1.54, 1.807) is 0 Å². The van der Waals surface area contributed by atoms with Crippen molar-refractivity contribution in [2.24, 2.45) is 0 Å². The Bertz CT molecular complexity index is 388. The number of hydrogen-bond donors (Lipinski definition) is 1. The molecule has 0 fully saturated rings. The lowest BCUT2D eigenvalue weighted by atomic mass is 9.91. The number of nitrogens with zero attached hydrogens (tertiary/aromatic N) is 1. The van der Waals surface area contributed by atoms with Gasteiger partial charge in [0.05, 0.1) is 6.07 Å². The van der Waals surface area contributed by atoms with Crippen LogP contribution in [0.4, 0.5) is 5.69 Å². The van der Waals surface area contributed by atoms with Crippen molar-refractivity contribution < 1.29 is 0 Å². The highest BCUT2D eigenvalue weighted by Gasteiger charge is 2.14. The van der Waals surface area contributed by atoms with Gasteiger partial charge in [0.25, 0.3) is 0 Å². The van der Waals surface area contributed by atoms with E-state index in [9.17, 15) is 0 Å². The van der Waals surface area contributed by atoms with Gasteiger partial charge in [-0.25, -0.2) is 0 Å². The van der Waals surface area contributed by atoms with Crippen LogP contribution in [0.1, 0.15) is 24.3 Å². The van der Waals surface area contributed by atoms with Crippen molar-refractivity contribution in [2.75, 3.05) is 5.32 Å². The molecule has 0 saturated heterocycles. The summed E-state index contributed by atoms with van der Waals surface area (Å²) in [6.45, 7) is 0. The normalized spacial score (nSPS) is 18.1. The lowest BCUT2D eigenvalue weighted by Crippen LogP contribution is -2.05. The lowest BCUT2D eigenvalue weighted by Gasteiger charge is -2.20. The Morgan fingerprint density at radius 2 is 2.21 bits per heavy atom. The molecule has 2 nitrogen and oxygen atoms in total. The first-order valence-corrected chi connectivity index (χ1v) is 4.81. The summed E-state index contributed by atoms with van der Waals surface area (Å²) >= 11 is 0. The first-order valence-electron chi connectivity index (χ1n) is 4.81. The predicted octanol–water partition coefficient (Wildman–Crippen LogP) is 3.01. The molecule has 1 aliphatic rings. The first-order chi connectivity index (χ1) is 6.92. The molecular weight excluding hydrogens is 172 g/mol. The van der Waals surface area contributed by atoms with Crippen LogP contribution in [0.3, 0.4) is 0 Å². The molecule has 1 aromatic rings. The number of hydrogen-bond acceptors (Lipinski definition) is 2. The highest BCUT2D eigenvalue weighted by molar-refractivity contribution is 5.58. The molecule has 1 aliphatic heterocycles. The molecule has 0 bridgehead atoms. The Labute approximate surface area is 83.9 Å². The molecule has 1 unspecified atom stereocenters. The third-order valence-electron chi connectivity index (χ3n) is 2.49. The molecule has 1 atom stereocenters. The van der Waals surface area contributed by atoms with E-state index in [4.69, 9.17) is 5.26 Å². The van der Waals surface area contributed by atoms with Gasteiger partial charge in [0, 0.05) is 18.0 Å². The van der Waals surface area contributed by atoms with E-state index < -0.39 is 0 Å². The van der Waals surface area contributed by atoms with Gasteiger partial charge in [-0.2, -0.15) is 5.26 Å². The molecule has 2 rings (SSSR count). The molecule has 0 radical (unpaired) electrons. The van der Waals surface area contributed by atoms with Crippen LogP contribution >= 0.6 is 0 Å². The number of rotatable bonds is 2. The van der Waals surface area contributed by atoms with Crippen LogP contribution in [-0.4, -0.2) is 0 Å². The molecule has 70 valence electrons. The van der Waals surface area contributed by atoms with E-state index in [1.807, 2.05) is 18.3 Å². The van der Waals surface area contributed by atoms with Gasteiger partial charge < -0.3 is 5.32 Å². The third-order valence-corrected chi connectivity index (χ3v) is 2.49. The van der Waals surface area contributed by atoms with Crippen molar-refractivity contribution in [3.8, 4) is 6.07 Å². The summed E-state index contributed by atoms with van der Waals surface area (Å²) in [5, 5.41) is 11.8. The molecule has 14 heavy (non-hydrogen) atoms. The van der Waals surface area contributed by atoms with Crippen molar-refractivity contribution in [2.45, 2.75) is 18.8 Å². The summed E-state index contributed by atoms with van der Waals surface area (Å²) < 4.78 is 0. The minimum atomic E-state index is 0.395. The van der Waals surface area contributed by atoms with Crippen molar-refractivity contribution >= 4 is 5.69 Å². The SMILES string of the molecule is N#CCCC1C=CNc2ccccc21. The van der Waals surface area contributed by atoms with Crippen LogP contribution < -0.4 is 5.32 Å². The van der Waals surface area contributed by atoms with Crippen LogP contribution in [0.5, 0.6) is 0 Å². The number of nitrogens with one attached hydrogen (secondary N) is 1. The van der Waals surface area contributed by atoms with E-state index in [0.717, 1.165) is 12.1 Å². The summed E-state index contributed by atoms with van der Waals surface area (Å²) in [5.74, 6) is 0.395. The van der Waals surface area contributed by atoms with Gasteiger partial charge in [0.1, 0.15) is 0 Å². The Hall–Kier alpha value is -1.75. The summed E-state index contributed by atoms with van der Waals surface area (Å²) in [7, 11) is 0. The zero-order chi connectivity index (χ0) is 9.80. The minimum Gasteiger partial charge on any atom is -0.362 e. The van der Waals surface area contributed by atoms with Crippen molar-refractivity contribution in [3.63, 3.8) is 0 Å². The predicted molar refractivity (Wildman–Crippen MR) is 56.8 cm³/mol. The average molecular weight is 184 g/mol. The van der Waals surface area contributed by atoms with E-state index >= 15 is 0 Å². The van der Waals surface area contributed by atoms with Gasteiger partial charge in [-0.1, -0.05) is 24.3 Å². The molecule has 1 heterocycles. The molecule has 0 amide bonds. The fourth-order valence-corrected chi connectivity index (χ4v) is 1.78. The summed E-state index contributed by atoms with van der Waals surface area (Å²) in [6, 6.07) is 10.4. The molecule has 0 aliphatic carbocycles. The molecule has 1 N–H and O–H groups in total. The Morgan fingerprint density at radius 3 is 3.07 bits per heavy atom. The van der Waals surface area contributed by atoms with Crippen LogP contribution in [0.2, 0.25) is 0 Å². The second-order valence-electron chi connectivity index (χ2n) is 3.39. The topological polar surface area (TPSA) is 35.8 Å². The van der Waals surface area contributed by atoms with Gasteiger partial charge in [0.15, 0.2) is 0 Å². The number of allylic oxidation sites excluding steroid dienone is 1. The molecular formula is C12H12N2. The van der Waals surface area contributed by atoms with E-state index in [-0.39, 0.29) is 0 Å². The van der Waals surface area contributed by atoms with E-state index in [2.05, 4.69) is 29.6 Å². The van der Waals surface area contributed by atoms with Crippen LogP contribution in [0, 0.1) is 11.3 Å². The van der Waals surface area contributed by atoms with Crippen molar-refractivity contribution in [3.05, 3.63) is 42.1 Å². The fraction of sp³-hybridized carbons (Fsp3) is 0.250. The lowest BCUT2D eigenvalue weighted by molar-refractivity contribution is 0.752. The maximum absolute atomic E-state index is 8.56. The van der Waals surface area contributed by atoms with Crippen LogP contribution in [-0.2, 0) is 0 Å². The zero-order valence-electron chi connectivity index (χ0n) is 7.90. The minimum absolute atomic E-state index is 0.395. The summed E-state index contributed by atoms with van der Waals surface area (Å²) in [5.41, 5.74) is 2.46. The first kappa shape index (κ1) is 8.83. The zero-order valence-corrected chi connectivity index (χ0v) is 7.90. The van der Waals surface area contributed by atoms with Crippen LogP contribution in [0.15, 0.2) is 36.5 Å². The van der Waals surface area contributed by atoms with Gasteiger partial charge in [-0.05, 0) is 24.3 Å². The van der Waals surface area contributed by atoms with Crippen molar-refractivity contribution in [1.82, 2.24) is 0 Å². The van der Waals surface area contributed by atoms with Crippen molar-refractivity contribution in [1.29, 1.82) is 5.26 Å². The Kier molecular flexibility index (Phi) is 2.51. The van der Waals surface area contributed by atoms with E-state index in [1.165, 1.54) is 5.56 Å². The van der Waals surface area contributed by atoms with E-state index in [0.29, 0.717) is 12.3 Å². The van der Waals surface area contributed by atoms with Gasteiger partial charge in [-0.15, -0.1) is 0 Å². The molecule has 1 aromatic carbocycles. The number of fused-ring (bicyclic) bond motifs is 1. The van der Waals surface area contributed by atoms with Gasteiger partial charge in [0.2, 0.25) is 0 Å². The number of para-hydroxylation sites is 1. The maximum Gasteiger partial charge on any atom is 0.0622 e. The number of nitriles is 1. The average Bonchev–Trinajstić information content (AvgIpc) is 2.26. The largest absolute Gasteiger partial charge is 0.362 e. The molecule has 2 heteroatoms.